The van der Waals surface area contributed by atoms with Crippen molar-refractivity contribution in [2.75, 3.05) is 23.7 Å². The molecule has 0 aromatic heterocycles. The highest BCUT2D eigenvalue weighted by Crippen LogP contribution is 2.23. The molecule has 2 rings (SSSR count). The molecule has 1 aliphatic rings. The molecule has 1 heterocycles. The van der Waals surface area contributed by atoms with Gasteiger partial charge in [0.2, 0.25) is 5.91 Å². The van der Waals surface area contributed by atoms with E-state index in [2.05, 4.69) is 43.6 Å². The summed E-state index contributed by atoms with van der Waals surface area (Å²) >= 11 is 0. The molecule has 1 saturated heterocycles. The first kappa shape index (κ1) is 18.3. The lowest BCUT2D eigenvalue weighted by molar-refractivity contribution is -0.114. The number of hydrogen-bond donors (Lipinski definition) is 3. The second kappa shape index (κ2) is 6.43. The standard InChI is InChI=1S/C18H28N4O2/c1-12-7-8-14(9-15(12)19-13(2)23)20-16(24)22-10-17(3,4)21-18(5,6)11-22/h7-9,21H,10-11H2,1-6H3,(H,19,23)(H,20,24). The van der Waals surface area contributed by atoms with Crippen molar-refractivity contribution >= 4 is 23.3 Å². The molecule has 0 radical (unpaired) electrons. The molecule has 3 amide bonds. The summed E-state index contributed by atoms with van der Waals surface area (Å²) in [5.74, 6) is -0.132. The molecule has 6 nitrogen and oxygen atoms in total. The van der Waals surface area contributed by atoms with Crippen LogP contribution in [0.25, 0.3) is 0 Å². The van der Waals surface area contributed by atoms with E-state index in [9.17, 15) is 9.59 Å². The van der Waals surface area contributed by atoms with Gasteiger partial charge in [-0.2, -0.15) is 0 Å². The number of nitrogens with one attached hydrogen (secondary N) is 3. The molecule has 1 aliphatic heterocycles. The van der Waals surface area contributed by atoms with Gasteiger partial charge in [-0.1, -0.05) is 6.07 Å². The highest BCUT2D eigenvalue weighted by molar-refractivity contribution is 5.93. The van der Waals surface area contributed by atoms with E-state index in [0.29, 0.717) is 24.5 Å². The van der Waals surface area contributed by atoms with Crippen molar-refractivity contribution in [3.8, 4) is 0 Å². The summed E-state index contributed by atoms with van der Waals surface area (Å²) < 4.78 is 0. The lowest BCUT2D eigenvalue weighted by Gasteiger charge is -2.48. The maximum atomic E-state index is 12.7. The number of aryl methyl sites for hydroxylation is 1. The van der Waals surface area contributed by atoms with Crippen molar-refractivity contribution in [2.24, 2.45) is 0 Å². The van der Waals surface area contributed by atoms with Crippen LogP contribution in [0.1, 0.15) is 40.2 Å². The third-order valence-electron chi connectivity index (χ3n) is 3.94. The molecule has 6 heteroatoms. The smallest absolute Gasteiger partial charge is 0.321 e. The molecule has 0 atom stereocenters. The quantitative estimate of drug-likeness (QED) is 0.779. The zero-order valence-electron chi connectivity index (χ0n) is 15.4. The van der Waals surface area contributed by atoms with E-state index in [1.807, 2.05) is 24.0 Å². The number of piperazine rings is 1. The van der Waals surface area contributed by atoms with E-state index in [4.69, 9.17) is 0 Å². The Morgan fingerprint density at radius 2 is 1.67 bits per heavy atom. The molecule has 1 aromatic carbocycles. The van der Waals surface area contributed by atoms with Gasteiger partial charge in [0.25, 0.3) is 0 Å². The van der Waals surface area contributed by atoms with Crippen LogP contribution in [-0.2, 0) is 4.79 Å². The summed E-state index contributed by atoms with van der Waals surface area (Å²) in [5.41, 5.74) is 2.04. The second-order valence-corrected chi connectivity index (χ2v) is 7.89. The van der Waals surface area contributed by atoms with Crippen molar-refractivity contribution < 1.29 is 9.59 Å². The van der Waals surface area contributed by atoms with Crippen LogP contribution < -0.4 is 16.0 Å². The molecule has 24 heavy (non-hydrogen) atoms. The predicted octanol–water partition coefficient (Wildman–Crippen LogP) is 2.95. The topological polar surface area (TPSA) is 73.5 Å². The number of nitrogens with zero attached hydrogens (tertiary/aromatic N) is 1. The Morgan fingerprint density at radius 1 is 1.08 bits per heavy atom. The molecule has 3 N–H and O–H groups in total. The average molecular weight is 332 g/mol. The lowest BCUT2D eigenvalue weighted by atomic mass is 9.92. The number of urea groups is 1. The van der Waals surface area contributed by atoms with Gasteiger partial charge in [0, 0.05) is 42.5 Å². The van der Waals surface area contributed by atoms with Gasteiger partial charge in [-0.15, -0.1) is 0 Å². The maximum Gasteiger partial charge on any atom is 0.321 e. The van der Waals surface area contributed by atoms with Gasteiger partial charge in [0.15, 0.2) is 0 Å². The molecule has 0 saturated carbocycles. The highest BCUT2D eigenvalue weighted by atomic mass is 16.2. The number of rotatable bonds is 2. The van der Waals surface area contributed by atoms with Crippen molar-refractivity contribution in [1.29, 1.82) is 0 Å². The molecule has 132 valence electrons. The third-order valence-corrected chi connectivity index (χ3v) is 3.94. The molecular weight excluding hydrogens is 304 g/mol. The maximum absolute atomic E-state index is 12.7. The van der Waals surface area contributed by atoms with E-state index >= 15 is 0 Å². The Bertz CT molecular complexity index is 636. The van der Waals surface area contributed by atoms with Crippen LogP contribution in [0, 0.1) is 6.92 Å². The number of carbonyl (C=O) groups excluding carboxylic acids is 2. The summed E-state index contributed by atoms with van der Waals surface area (Å²) in [6.45, 7) is 13.0. The first-order valence-corrected chi connectivity index (χ1v) is 8.21. The fourth-order valence-corrected chi connectivity index (χ4v) is 3.38. The normalized spacial score (nSPS) is 18.8. The zero-order valence-corrected chi connectivity index (χ0v) is 15.4. The predicted molar refractivity (Wildman–Crippen MR) is 97.4 cm³/mol. The largest absolute Gasteiger partial charge is 0.326 e. The van der Waals surface area contributed by atoms with Gasteiger partial charge < -0.3 is 20.9 Å². The van der Waals surface area contributed by atoms with Crippen molar-refractivity contribution in [2.45, 2.75) is 52.6 Å². The number of benzene rings is 1. The monoisotopic (exact) mass is 332 g/mol. The minimum Gasteiger partial charge on any atom is -0.326 e. The molecule has 1 aromatic rings. The Balaban J connectivity index is 2.13. The van der Waals surface area contributed by atoms with Crippen LogP contribution in [0.2, 0.25) is 0 Å². The molecule has 0 aliphatic carbocycles. The summed E-state index contributed by atoms with van der Waals surface area (Å²) in [5, 5.41) is 9.26. The van der Waals surface area contributed by atoms with Gasteiger partial charge in [-0.3, -0.25) is 4.79 Å². The number of anilines is 2. The summed E-state index contributed by atoms with van der Waals surface area (Å²) in [6, 6.07) is 5.38. The number of amides is 3. The average Bonchev–Trinajstić information content (AvgIpc) is 2.38. The minimum atomic E-state index is -0.145. The fourth-order valence-electron chi connectivity index (χ4n) is 3.38. The molecule has 0 unspecified atom stereocenters. The molecule has 0 spiro atoms. The first-order valence-electron chi connectivity index (χ1n) is 8.21. The number of hydrogen-bond acceptors (Lipinski definition) is 3. The van der Waals surface area contributed by atoms with Gasteiger partial charge >= 0.3 is 6.03 Å². The minimum absolute atomic E-state index is 0.129. The van der Waals surface area contributed by atoms with E-state index in [0.717, 1.165) is 5.56 Å². The Labute approximate surface area is 144 Å². The first-order chi connectivity index (χ1) is 11.0. The summed E-state index contributed by atoms with van der Waals surface area (Å²) in [4.78, 5) is 25.8. The Hall–Kier alpha value is -2.08. The summed E-state index contributed by atoms with van der Waals surface area (Å²) in [7, 11) is 0. The van der Waals surface area contributed by atoms with Crippen molar-refractivity contribution in [3.05, 3.63) is 23.8 Å². The third kappa shape index (κ3) is 4.71. The van der Waals surface area contributed by atoms with E-state index in [-0.39, 0.29) is 23.0 Å². The van der Waals surface area contributed by atoms with Crippen molar-refractivity contribution in [3.63, 3.8) is 0 Å². The van der Waals surface area contributed by atoms with E-state index in [1.54, 1.807) is 6.07 Å². The van der Waals surface area contributed by atoms with Crippen LogP contribution in [0.15, 0.2) is 18.2 Å². The highest BCUT2D eigenvalue weighted by Gasteiger charge is 2.38. The molecule has 1 fully saturated rings. The lowest BCUT2D eigenvalue weighted by Crippen LogP contribution is -2.68. The van der Waals surface area contributed by atoms with E-state index < -0.39 is 0 Å². The van der Waals surface area contributed by atoms with Crippen LogP contribution >= 0.6 is 0 Å². The van der Waals surface area contributed by atoms with Gasteiger partial charge in [-0.05, 0) is 52.3 Å². The molecule has 0 bridgehead atoms. The van der Waals surface area contributed by atoms with Crippen LogP contribution in [-0.4, -0.2) is 41.0 Å². The SMILES string of the molecule is CC(=O)Nc1cc(NC(=O)N2CC(C)(C)NC(C)(C)C2)ccc1C. The second-order valence-electron chi connectivity index (χ2n) is 7.89. The van der Waals surface area contributed by atoms with Crippen LogP contribution in [0.3, 0.4) is 0 Å². The zero-order chi connectivity index (χ0) is 18.1. The number of carbonyl (C=O) groups is 2. The molecular formula is C18H28N4O2. The van der Waals surface area contributed by atoms with E-state index in [1.165, 1.54) is 6.92 Å². The van der Waals surface area contributed by atoms with Gasteiger partial charge in [0.1, 0.15) is 0 Å². The van der Waals surface area contributed by atoms with Gasteiger partial charge in [-0.25, -0.2) is 4.79 Å². The van der Waals surface area contributed by atoms with Crippen LogP contribution in [0.4, 0.5) is 16.2 Å². The van der Waals surface area contributed by atoms with Crippen LogP contribution in [0.5, 0.6) is 0 Å². The van der Waals surface area contributed by atoms with Crippen molar-refractivity contribution in [1.82, 2.24) is 10.2 Å². The fraction of sp³-hybridized carbons (Fsp3) is 0.556. The Morgan fingerprint density at radius 3 is 2.21 bits per heavy atom. The van der Waals surface area contributed by atoms with Gasteiger partial charge in [0.05, 0.1) is 0 Å². The summed E-state index contributed by atoms with van der Waals surface area (Å²) in [6.07, 6.45) is 0. The Kier molecular flexibility index (Phi) is 4.90.